The van der Waals surface area contributed by atoms with Crippen LogP contribution in [0, 0.1) is 5.82 Å². The van der Waals surface area contributed by atoms with Gasteiger partial charge in [0.15, 0.2) is 0 Å². The van der Waals surface area contributed by atoms with Gasteiger partial charge in [-0.2, -0.15) is 0 Å². The Balaban J connectivity index is 1.50. The molecule has 1 atom stereocenters. The lowest BCUT2D eigenvalue weighted by molar-refractivity contribution is -0.134. The second kappa shape index (κ2) is 8.42. The highest BCUT2D eigenvalue weighted by atomic mass is 19.1. The standard InChI is InChI=1S/C25H24FN5O/c26-18-7-5-6-16(12-18)20-15-29-25(27)30-24(20)22-10-3-4-11-31(22)23(32)13-17-14-28-21-9-2-1-8-19(17)21/h1-2,5-9,12,14-15,22,28H,3-4,10-11,13H2,(H2,27,29,30)/t22-/m0/s1. The summed E-state index contributed by atoms with van der Waals surface area (Å²) in [5.74, 6) is -0.141. The number of hydrogen-bond donors (Lipinski definition) is 2. The van der Waals surface area contributed by atoms with Crippen LogP contribution in [-0.4, -0.2) is 32.3 Å². The summed E-state index contributed by atoms with van der Waals surface area (Å²) in [6.07, 6.45) is 6.53. The van der Waals surface area contributed by atoms with Crippen LogP contribution in [0.15, 0.2) is 60.9 Å². The summed E-state index contributed by atoms with van der Waals surface area (Å²) in [5.41, 5.74) is 9.98. The quantitative estimate of drug-likeness (QED) is 0.495. The van der Waals surface area contributed by atoms with E-state index < -0.39 is 0 Å². The summed E-state index contributed by atoms with van der Waals surface area (Å²) in [6.45, 7) is 0.651. The fourth-order valence-corrected chi connectivity index (χ4v) is 4.60. The molecule has 1 fully saturated rings. The van der Waals surface area contributed by atoms with E-state index in [9.17, 15) is 9.18 Å². The molecule has 0 aliphatic carbocycles. The average Bonchev–Trinajstić information content (AvgIpc) is 3.22. The Morgan fingerprint density at radius 1 is 1.19 bits per heavy atom. The van der Waals surface area contributed by atoms with Gasteiger partial charge in [0.05, 0.1) is 18.2 Å². The van der Waals surface area contributed by atoms with Crippen molar-refractivity contribution in [3.8, 4) is 11.1 Å². The number of nitrogens with zero attached hydrogens (tertiary/aromatic N) is 3. The second-order valence-electron chi connectivity index (χ2n) is 8.17. The van der Waals surface area contributed by atoms with Crippen molar-refractivity contribution < 1.29 is 9.18 Å². The van der Waals surface area contributed by atoms with E-state index in [1.165, 1.54) is 12.1 Å². The molecule has 1 saturated heterocycles. The Morgan fingerprint density at radius 2 is 2.06 bits per heavy atom. The molecule has 0 saturated carbocycles. The minimum atomic E-state index is -0.332. The number of piperidine rings is 1. The Morgan fingerprint density at radius 3 is 2.94 bits per heavy atom. The van der Waals surface area contributed by atoms with Gasteiger partial charge in [-0.1, -0.05) is 30.3 Å². The number of nitrogens with two attached hydrogens (primary N) is 1. The van der Waals surface area contributed by atoms with Gasteiger partial charge in [0.2, 0.25) is 11.9 Å². The summed E-state index contributed by atoms with van der Waals surface area (Å²) < 4.78 is 13.9. The van der Waals surface area contributed by atoms with Gasteiger partial charge in [-0.25, -0.2) is 14.4 Å². The second-order valence-corrected chi connectivity index (χ2v) is 8.17. The van der Waals surface area contributed by atoms with E-state index in [2.05, 4.69) is 15.0 Å². The number of carbonyl (C=O) groups excluding carboxylic acids is 1. The van der Waals surface area contributed by atoms with Gasteiger partial charge in [0.1, 0.15) is 5.82 Å². The normalized spacial score (nSPS) is 16.4. The number of fused-ring (bicyclic) bond motifs is 1. The molecule has 7 heteroatoms. The molecule has 6 nitrogen and oxygen atoms in total. The highest BCUT2D eigenvalue weighted by Crippen LogP contribution is 2.36. The number of aromatic amines is 1. The average molecular weight is 429 g/mol. The molecular formula is C25H24FN5O. The molecular weight excluding hydrogens is 405 g/mol. The Bertz CT molecular complexity index is 1280. The number of likely N-dealkylation sites (tertiary alicyclic amines) is 1. The van der Waals surface area contributed by atoms with E-state index in [1.54, 1.807) is 12.3 Å². The molecule has 162 valence electrons. The SMILES string of the molecule is Nc1ncc(-c2cccc(F)c2)c([C@@H]2CCCCN2C(=O)Cc2c[nH]c3ccccc23)n1. The molecule has 32 heavy (non-hydrogen) atoms. The fraction of sp³-hybridized carbons (Fsp3) is 0.240. The first-order valence-corrected chi connectivity index (χ1v) is 10.8. The monoisotopic (exact) mass is 429 g/mol. The molecule has 4 aromatic rings. The van der Waals surface area contributed by atoms with Crippen molar-refractivity contribution in [3.05, 3.63) is 78.0 Å². The van der Waals surface area contributed by atoms with Crippen molar-refractivity contribution >= 4 is 22.8 Å². The summed E-state index contributed by atoms with van der Waals surface area (Å²) in [5, 5.41) is 1.06. The van der Waals surface area contributed by atoms with Crippen LogP contribution in [0.3, 0.4) is 0 Å². The molecule has 2 aromatic carbocycles. The lowest BCUT2D eigenvalue weighted by atomic mass is 9.93. The third kappa shape index (κ3) is 3.82. The summed E-state index contributed by atoms with van der Waals surface area (Å²) in [4.78, 5) is 27.3. The smallest absolute Gasteiger partial charge is 0.227 e. The first-order valence-electron chi connectivity index (χ1n) is 10.8. The van der Waals surface area contributed by atoms with Gasteiger partial charge >= 0.3 is 0 Å². The molecule has 0 bridgehead atoms. The van der Waals surface area contributed by atoms with Crippen LogP contribution >= 0.6 is 0 Å². The zero-order valence-corrected chi connectivity index (χ0v) is 17.6. The van der Waals surface area contributed by atoms with Crippen molar-refractivity contribution in [1.29, 1.82) is 0 Å². The van der Waals surface area contributed by atoms with Crippen LogP contribution in [0.25, 0.3) is 22.0 Å². The summed E-state index contributed by atoms with van der Waals surface area (Å²) >= 11 is 0. The van der Waals surface area contributed by atoms with E-state index in [-0.39, 0.29) is 23.7 Å². The van der Waals surface area contributed by atoms with Gasteiger partial charge < -0.3 is 15.6 Å². The summed E-state index contributed by atoms with van der Waals surface area (Å²) in [6, 6.07) is 14.1. The molecule has 3 N–H and O–H groups in total. The van der Waals surface area contributed by atoms with Crippen molar-refractivity contribution in [3.63, 3.8) is 0 Å². The Kier molecular flexibility index (Phi) is 5.31. The molecule has 0 spiro atoms. The van der Waals surface area contributed by atoms with Crippen LogP contribution in [0.1, 0.15) is 36.6 Å². The van der Waals surface area contributed by atoms with Crippen LogP contribution in [-0.2, 0) is 11.2 Å². The van der Waals surface area contributed by atoms with E-state index in [0.29, 0.717) is 29.8 Å². The minimum absolute atomic E-state index is 0.0434. The number of nitrogens with one attached hydrogen (secondary N) is 1. The van der Waals surface area contributed by atoms with Gasteiger partial charge in [-0.3, -0.25) is 4.79 Å². The Labute approximate surface area is 185 Å². The zero-order chi connectivity index (χ0) is 22.1. The maximum atomic E-state index is 13.9. The number of nitrogen functional groups attached to an aromatic ring is 1. The third-order valence-corrected chi connectivity index (χ3v) is 6.13. The molecule has 0 unspecified atom stereocenters. The fourth-order valence-electron chi connectivity index (χ4n) is 4.60. The van der Waals surface area contributed by atoms with Crippen molar-refractivity contribution in [2.24, 2.45) is 0 Å². The molecule has 1 amide bonds. The lowest BCUT2D eigenvalue weighted by Crippen LogP contribution is -2.40. The van der Waals surface area contributed by atoms with E-state index in [0.717, 1.165) is 35.7 Å². The predicted molar refractivity (Wildman–Crippen MR) is 122 cm³/mol. The number of anilines is 1. The van der Waals surface area contributed by atoms with Gasteiger partial charge in [-0.05, 0) is 48.6 Å². The highest BCUT2D eigenvalue weighted by Gasteiger charge is 2.31. The van der Waals surface area contributed by atoms with Crippen LogP contribution in [0.2, 0.25) is 0 Å². The van der Waals surface area contributed by atoms with E-state index >= 15 is 0 Å². The summed E-state index contributed by atoms with van der Waals surface area (Å²) in [7, 11) is 0. The minimum Gasteiger partial charge on any atom is -0.368 e. The molecule has 0 radical (unpaired) electrons. The number of halogens is 1. The van der Waals surface area contributed by atoms with E-state index in [4.69, 9.17) is 5.73 Å². The molecule has 3 heterocycles. The van der Waals surface area contributed by atoms with E-state index in [1.807, 2.05) is 41.4 Å². The van der Waals surface area contributed by atoms with Crippen LogP contribution in [0.4, 0.5) is 10.3 Å². The van der Waals surface area contributed by atoms with Gasteiger partial charge in [-0.15, -0.1) is 0 Å². The van der Waals surface area contributed by atoms with Crippen molar-refractivity contribution in [2.45, 2.75) is 31.7 Å². The Hall–Kier alpha value is -3.74. The molecule has 1 aliphatic heterocycles. The van der Waals surface area contributed by atoms with Gasteiger partial charge in [0.25, 0.3) is 0 Å². The first-order chi connectivity index (χ1) is 15.6. The first kappa shape index (κ1) is 20.2. The van der Waals surface area contributed by atoms with Gasteiger partial charge in [0, 0.05) is 35.4 Å². The number of hydrogen-bond acceptors (Lipinski definition) is 4. The molecule has 2 aromatic heterocycles. The van der Waals surface area contributed by atoms with Crippen molar-refractivity contribution in [1.82, 2.24) is 19.9 Å². The number of H-pyrrole nitrogens is 1. The molecule has 5 rings (SSSR count). The predicted octanol–water partition coefficient (Wildman–Crippen LogP) is 4.64. The zero-order valence-electron chi connectivity index (χ0n) is 17.6. The third-order valence-electron chi connectivity index (χ3n) is 6.13. The van der Waals surface area contributed by atoms with Crippen LogP contribution in [0.5, 0.6) is 0 Å². The number of benzene rings is 2. The highest BCUT2D eigenvalue weighted by molar-refractivity contribution is 5.89. The molecule has 1 aliphatic rings. The lowest BCUT2D eigenvalue weighted by Gasteiger charge is -2.36. The number of aromatic nitrogens is 3. The number of carbonyl (C=O) groups is 1. The van der Waals surface area contributed by atoms with Crippen molar-refractivity contribution in [2.75, 3.05) is 12.3 Å². The maximum Gasteiger partial charge on any atom is 0.227 e. The largest absolute Gasteiger partial charge is 0.368 e. The van der Waals surface area contributed by atoms with Crippen LogP contribution < -0.4 is 5.73 Å². The maximum absolute atomic E-state index is 13.9. The number of amides is 1. The number of rotatable bonds is 4. The number of para-hydroxylation sites is 1. The topological polar surface area (TPSA) is 87.9 Å².